The van der Waals surface area contributed by atoms with Crippen LogP contribution in [0.4, 0.5) is 5.69 Å². The van der Waals surface area contributed by atoms with Crippen LogP contribution in [0.1, 0.15) is 11.4 Å². The number of hydrogen-bond donors (Lipinski definition) is 1. The molecule has 3 aromatic rings. The van der Waals surface area contributed by atoms with E-state index in [9.17, 15) is 4.79 Å². The molecule has 0 aliphatic rings. The summed E-state index contributed by atoms with van der Waals surface area (Å²) in [5.74, 6) is 1.52. The van der Waals surface area contributed by atoms with Gasteiger partial charge in [-0.1, -0.05) is 59.8 Å². The van der Waals surface area contributed by atoms with Gasteiger partial charge in [-0.05, 0) is 23.8 Å². The number of anilines is 1. The normalized spacial score (nSPS) is 10.8. The van der Waals surface area contributed by atoms with Crippen molar-refractivity contribution < 1.29 is 9.53 Å². The molecule has 0 fully saturated rings. The number of methoxy groups -OCH3 is 1. The second-order valence-corrected chi connectivity index (χ2v) is 8.81. The first-order chi connectivity index (χ1) is 15.1. The average molecular weight is 475 g/mol. The van der Waals surface area contributed by atoms with Gasteiger partial charge in [0.1, 0.15) is 6.61 Å². The van der Waals surface area contributed by atoms with Crippen LogP contribution < -0.4 is 5.32 Å². The topological polar surface area (TPSA) is 69.0 Å². The van der Waals surface area contributed by atoms with Crippen molar-refractivity contribution in [3.8, 4) is 0 Å². The van der Waals surface area contributed by atoms with Crippen molar-refractivity contribution in [2.24, 2.45) is 0 Å². The number of halogens is 1. The second-order valence-electron chi connectivity index (χ2n) is 6.44. The Bertz CT molecular complexity index is 1040. The fraction of sp³-hybridized carbons (Fsp3) is 0.227. The van der Waals surface area contributed by atoms with E-state index in [0.29, 0.717) is 29.9 Å². The van der Waals surface area contributed by atoms with E-state index in [0.717, 1.165) is 21.2 Å². The molecule has 1 N–H and O–H groups in total. The summed E-state index contributed by atoms with van der Waals surface area (Å²) in [6.45, 7) is 4.67. The summed E-state index contributed by atoms with van der Waals surface area (Å²) >= 11 is 9.22. The molecule has 162 valence electrons. The lowest BCUT2D eigenvalue weighted by atomic mass is 10.2. The van der Waals surface area contributed by atoms with E-state index >= 15 is 0 Å². The van der Waals surface area contributed by atoms with E-state index in [4.69, 9.17) is 16.3 Å². The first-order valence-corrected chi connectivity index (χ1v) is 11.9. The highest BCUT2D eigenvalue weighted by Crippen LogP contribution is 2.32. The molecule has 31 heavy (non-hydrogen) atoms. The van der Waals surface area contributed by atoms with Crippen LogP contribution in [0.25, 0.3) is 0 Å². The third-order valence-corrected chi connectivity index (χ3v) is 6.67. The number of nitrogens with one attached hydrogen (secondary N) is 1. The van der Waals surface area contributed by atoms with Gasteiger partial charge in [-0.15, -0.1) is 28.5 Å². The van der Waals surface area contributed by atoms with Gasteiger partial charge in [-0.2, -0.15) is 0 Å². The molecule has 0 unspecified atom stereocenters. The van der Waals surface area contributed by atoms with Crippen molar-refractivity contribution in [3.05, 3.63) is 77.6 Å². The van der Waals surface area contributed by atoms with Crippen LogP contribution in [-0.2, 0) is 28.4 Å². The lowest BCUT2D eigenvalue weighted by Gasteiger charge is -2.11. The van der Waals surface area contributed by atoms with Gasteiger partial charge in [0.05, 0.1) is 11.4 Å². The molecule has 9 heteroatoms. The summed E-state index contributed by atoms with van der Waals surface area (Å²) in [5.41, 5.74) is 1.83. The summed E-state index contributed by atoms with van der Waals surface area (Å²) in [4.78, 5) is 13.6. The van der Waals surface area contributed by atoms with Gasteiger partial charge in [0.25, 0.3) is 0 Å². The molecule has 0 spiro atoms. The van der Waals surface area contributed by atoms with Gasteiger partial charge in [0.15, 0.2) is 11.0 Å². The van der Waals surface area contributed by atoms with E-state index in [1.165, 1.54) is 11.8 Å². The molecule has 0 saturated carbocycles. The minimum atomic E-state index is -0.114. The predicted molar refractivity (Wildman–Crippen MR) is 128 cm³/mol. The number of amides is 1. The number of allylic oxidation sites excluding steroid dienone is 1. The predicted octanol–water partition coefficient (Wildman–Crippen LogP) is 5.29. The Balaban J connectivity index is 1.61. The molecule has 3 rings (SSSR count). The van der Waals surface area contributed by atoms with Crippen LogP contribution in [0.15, 0.2) is 71.2 Å². The smallest absolute Gasteiger partial charge is 0.234 e. The van der Waals surface area contributed by atoms with Crippen molar-refractivity contribution in [3.63, 3.8) is 0 Å². The van der Waals surface area contributed by atoms with Gasteiger partial charge < -0.3 is 14.6 Å². The summed E-state index contributed by atoms with van der Waals surface area (Å²) in [6, 6.07) is 15.5. The van der Waals surface area contributed by atoms with Crippen LogP contribution in [0.5, 0.6) is 0 Å². The maximum atomic E-state index is 12.6. The summed E-state index contributed by atoms with van der Waals surface area (Å²) in [6.07, 6.45) is 1.76. The van der Waals surface area contributed by atoms with E-state index in [1.807, 2.05) is 53.1 Å². The largest absolute Gasteiger partial charge is 0.377 e. The van der Waals surface area contributed by atoms with Gasteiger partial charge in [-0.25, -0.2) is 0 Å². The molecule has 0 radical (unpaired) electrons. The zero-order chi connectivity index (χ0) is 22.1. The zero-order valence-electron chi connectivity index (χ0n) is 17.1. The molecule has 0 aliphatic carbocycles. The van der Waals surface area contributed by atoms with E-state index < -0.39 is 0 Å². The highest BCUT2D eigenvalue weighted by atomic mass is 35.5. The summed E-state index contributed by atoms with van der Waals surface area (Å²) in [5, 5.41) is 12.7. The molecule has 0 atom stereocenters. The lowest BCUT2D eigenvalue weighted by molar-refractivity contribution is -0.113. The number of carbonyl (C=O) groups is 1. The number of rotatable bonds is 11. The molecule has 1 amide bonds. The molecule has 0 saturated heterocycles. The first kappa shape index (κ1) is 23.4. The van der Waals surface area contributed by atoms with Gasteiger partial charge in [0, 0.05) is 29.3 Å². The molecular weight excluding hydrogens is 452 g/mol. The maximum Gasteiger partial charge on any atom is 0.234 e. The quantitative estimate of drug-likeness (QED) is 0.301. The Morgan fingerprint density at radius 2 is 1.97 bits per heavy atom. The Labute approximate surface area is 195 Å². The molecule has 1 aromatic heterocycles. The summed E-state index contributed by atoms with van der Waals surface area (Å²) in [7, 11) is 1.61. The van der Waals surface area contributed by atoms with Crippen molar-refractivity contribution in [1.29, 1.82) is 0 Å². The number of thioether (sulfide) groups is 2. The maximum absolute atomic E-state index is 12.6. The molecule has 1 heterocycles. The van der Waals surface area contributed by atoms with Gasteiger partial charge >= 0.3 is 0 Å². The van der Waals surface area contributed by atoms with Gasteiger partial charge in [-0.3, -0.25) is 4.79 Å². The Morgan fingerprint density at radius 3 is 2.74 bits per heavy atom. The zero-order valence-corrected chi connectivity index (χ0v) is 19.5. The third-order valence-electron chi connectivity index (χ3n) is 4.21. The molecule has 0 aliphatic heterocycles. The SMILES string of the molecule is C=CCn1c(COC)nnc1SCC(=O)Nc1ccccc1SCc1ccccc1Cl. The monoisotopic (exact) mass is 474 g/mol. The Morgan fingerprint density at radius 1 is 1.19 bits per heavy atom. The van der Waals surface area contributed by atoms with Crippen LogP contribution in [0.2, 0.25) is 5.02 Å². The summed E-state index contributed by atoms with van der Waals surface area (Å²) < 4.78 is 7.04. The highest BCUT2D eigenvalue weighted by Gasteiger charge is 2.14. The first-order valence-electron chi connectivity index (χ1n) is 9.52. The fourth-order valence-corrected chi connectivity index (χ4v) is 4.82. The molecule has 0 bridgehead atoms. The Hall–Kier alpha value is -2.26. The lowest BCUT2D eigenvalue weighted by Crippen LogP contribution is -2.15. The molecular formula is C22H23ClN4O2S2. The highest BCUT2D eigenvalue weighted by molar-refractivity contribution is 7.99. The average Bonchev–Trinajstić information content (AvgIpc) is 3.14. The number of carbonyl (C=O) groups excluding carboxylic acids is 1. The second kappa shape index (κ2) is 12.0. The minimum Gasteiger partial charge on any atom is -0.377 e. The molecule has 2 aromatic carbocycles. The van der Waals surface area contributed by atoms with E-state index in [2.05, 4.69) is 22.1 Å². The minimum absolute atomic E-state index is 0.114. The van der Waals surface area contributed by atoms with E-state index in [-0.39, 0.29) is 11.7 Å². The fourth-order valence-electron chi connectivity index (χ4n) is 2.76. The van der Waals surface area contributed by atoms with Crippen LogP contribution in [0.3, 0.4) is 0 Å². The van der Waals surface area contributed by atoms with Crippen LogP contribution in [0, 0.1) is 0 Å². The number of ether oxygens (including phenoxy) is 1. The molecule has 6 nitrogen and oxygen atoms in total. The standard InChI is InChI=1S/C22H23ClN4O2S2/c1-3-12-27-20(13-29-2)25-26-22(27)31-15-21(28)24-18-10-6-7-11-19(18)30-14-16-8-4-5-9-17(16)23/h3-11H,1,12-15H2,2H3,(H,24,28). The number of hydrogen-bond acceptors (Lipinski definition) is 6. The number of nitrogens with zero attached hydrogens (tertiary/aromatic N) is 3. The third kappa shape index (κ3) is 6.61. The van der Waals surface area contributed by atoms with Crippen LogP contribution in [-0.4, -0.2) is 33.5 Å². The number of aromatic nitrogens is 3. The van der Waals surface area contributed by atoms with Crippen molar-refractivity contribution in [1.82, 2.24) is 14.8 Å². The van der Waals surface area contributed by atoms with E-state index in [1.54, 1.807) is 24.9 Å². The van der Waals surface area contributed by atoms with Gasteiger partial charge in [0.2, 0.25) is 5.91 Å². The van der Waals surface area contributed by atoms with Crippen molar-refractivity contribution >= 4 is 46.7 Å². The Kier molecular flexibility index (Phi) is 9.02. The van der Waals surface area contributed by atoms with Crippen molar-refractivity contribution in [2.75, 3.05) is 18.2 Å². The van der Waals surface area contributed by atoms with Crippen LogP contribution >= 0.6 is 35.1 Å². The van der Waals surface area contributed by atoms with Crippen molar-refractivity contribution in [2.45, 2.75) is 29.0 Å². The number of benzene rings is 2. The number of para-hydroxylation sites is 1.